The molecule has 203 valence electrons. The molecule has 8 bridgehead atoms. The molecular formula is C32H18CuN8S. The van der Waals surface area contributed by atoms with Gasteiger partial charge in [0.15, 0.2) is 23.3 Å². The van der Waals surface area contributed by atoms with Gasteiger partial charge in [0.1, 0.15) is 22.6 Å². The maximum absolute atomic E-state index is 5.02. The van der Waals surface area contributed by atoms with Crippen molar-refractivity contribution >= 4 is 57.6 Å². The minimum atomic E-state index is 0. The Morgan fingerprint density at radius 3 is 0.833 bits per heavy atom. The molecule has 9 rings (SSSR count). The van der Waals surface area contributed by atoms with E-state index in [-0.39, 0.29) is 30.6 Å². The van der Waals surface area contributed by atoms with Gasteiger partial charge in [0.25, 0.3) is 0 Å². The predicted octanol–water partition coefficient (Wildman–Crippen LogP) is 6.86. The molecule has 42 heavy (non-hydrogen) atoms. The van der Waals surface area contributed by atoms with Gasteiger partial charge in [-0.25, -0.2) is 29.9 Å². The van der Waals surface area contributed by atoms with Crippen LogP contribution in [0.2, 0.25) is 0 Å². The normalized spacial score (nSPS) is 11.4. The third-order valence-corrected chi connectivity index (χ3v) is 7.46. The fourth-order valence-electron chi connectivity index (χ4n) is 5.59. The summed E-state index contributed by atoms with van der Waals surface area (Å²) >= 11 is 0. The van der Waals surface area contributed by atoms with E-state index in [9.17, 15) is 0 Å². The Kier molecular flexibility index (Phi) is 6.13. The molecule has 8 nitrogen and oxygen atoms in total. The summed E-state index contributed by atoms with van der Waals surface area (Å²) in [7, 11) is 0. The minimum absolute atomic E-state index is 0. The van der Waals surface area contributed by atoms with Gasteiger partial charge >= 0.3 is 17.1 Å². The van der Waals surface area contributed by atoms with Crippen molar-refractivity contribution in [2.75, 3.05) is 0 Å². The number of benzene rings is 4. The monoisotopic (exact) mass is 609 g/mol. The van der Waals surface area contributed by atoms with Gasteiger partial charge in [-0.05, 0) is 0 Å². The van der Waals surface area contributed by atoms with Gasteiger partial charge in [0.05, 0.1) is 0 Å². The first-order valence-electron chi connectivity index (χ1n) is 13.0. The molecule has 0 saturated heterocycles. The van der Waals surface area contributed by atoms with Crippen molar-refractivity contribution in [3.63, 3.8) is 0 Å². The van der Waals surface area contributed by atoms with Crippen molar-refractivity contribution in [3.8, 4) is 45.6 Å². The third-order valence-electron chi connectivity index (χ3n) is 7.46. The number of rotatable bonds is 0. The van der Waals surface area contributed by atoms with Crippen LogP contribution in [0.4, 0.5) is 0 Å². The molecule has 0 atom stereocenters. The molecule has 3 aromatic heterocycles. The Morgan fingerprint density at radius 1 is 0.333 bits per heavy atom. The number of hydrogen-bond donors (Lipinski definition) is 2. The number of nitrogens with one attached hydrogen (secondary N) is 2. The SMILES string of the molecule is [Cu+2].[S-2].c1ccc2c(c1)-c1nc-2nc2[nH]c(nc3nc(nc4[nH]c(n1)c1ccccc41)-c1ccccc1-3)c1ccccc21. The average Bonchev–Trinajstić information content (AvgIpc) is 3.73. The van der Waals surface area contributed by atoms with Crippen LogP contribution in [0, 0.1) is 0 Å². The number of hydrogen-bond acceptors (Lipinski definition) is 6. The average molecular weight is 610 g/mol. The summed E-state index contributed by atoms with van der Waals surface area (Å²) < 4.78 is 0. The fraction of sp³-hybridized carbons (Fsp3) is 0. The Bertz CT molecular complexity index is 2040. The number of aromatic amines is 2. The van der Waals surface area contributed by atoms with E-state index in [1.54, 1.807) is 0 Å². The van der Waals surface area contributed by atoms with E-state index < -0.39 is 0 Å². The fourth-order valence-corrected chi connectivity index (χ4v) is 5.59. The van der Waals surface area contributed by atoms with Crippen LogP contribution in [-0.4, -0.2) is 39.9 Å². The molecule has 0 spiro atoms. The molecule has 0 saturated carbocycles. The van der Waals surface area contributed by atoms with Crippen molar-refractivity contribution in [2.45, 2.75) is 0 Å². The van der Waals surface area contributed by atoms with Crippen molar-refractivity contribution in [3.05, 3.63) is 97.1 Å². The van der Waals surface area contributed by atoms with Gasteiger partial charge < -0.3 is 23.5 Å². The number of aromatic nitrogens is 8. The van der Waals surface area contributed by atoms with E-state index in [1.807, 2.05) is 97.1 Å². The van der Waals surface area contributed by atoms with Crippen LogP contribution in [0.25, 0.3) is 89.7 Å². The Balaban J connectivity index is 0.00000144. The zero-order valence-electron chi connectivity index (χ0n) is 21.6. The predicted molar refractivity (Wildman–Crippen MR) is 163 cm³/mol. The van der Waals surface area contributed by atoms with Crippen molar-refractivity contribution in [2.24, 2.45) is 0 Å². The first kappa shape index (κ1) is 26.0. The topological polar surface area (TPSA) is 109 Å². The van der Waals surface area contributed by atoms with Gasteiger partial charge in [-0.2, -0.15) is 0 Å². The second kappa shape index (κ2) is 9.88. The zero-order valence-corrected chi connectivity index (χ0v) is 23.4. The van der Waals surface area contributed by atoms with Gasteiger partial charge in [0.2, 0.25) is 0 Å². The minimum Gasteiger partial charge on any atom is -2.00 e. The molecule has 0 unspecified atom stereocenters. The maximum atomic E-state index is 5.02. The molecule has 4 aromatic carbocycles. The quantitative estimate of drug-likeness (QED) is 0.182. The van der Waals surface area contributed by atoms with Crippen LogP contribution in [0.3, 0.4) is 0 Å². The largest absolute Gasteiger partial charge is 2.00 e. The molecule has 5 heterocycles. The van der Waals surface area contributed by atoms with Gasteiger partial charge in [-0.15, -0.1) is 0 Å². The molecule has 1 radical (unpaired) electrons. The van der Waals surface area contributed by atoms with Gasteiger partial charge in [0, 0.05) is 43.8 Å². The van der Waals surface area contributed by atoms with Crippen molar-refractivity contribution in [1.82, 2.24) is 39.9 Å². The van der Waals surface area contributed by atoms with E-state index in [0.29, 0.717) is 45.9 Å². The van der Waals surface area contributed by atoms with E-state index in [0.717, 1.165) is 43.8 Å². The molecule has 0 aliphatic carbocycles. The second-order valence-electron chi connectivity index (χ2n) is 9.79. The first-order valence-corrected chi connectivity index (χ1v) is 13.0. The summed E-state index contributed by atoms with van der Waals surface area (Å²) in [5.74, 6) is 2.39. The van der Waals surface area contributed by atoms with E-state index >= 15 is 0 Å². The number of fused-ring (bicyclic) bond motifs is 20. The summed E-state index contributed by atoms with van der Waals surface area (Å²) in [6, 6.07) is 32.2. The van der Waals surface area contributed by atoms with Gasteiger partial charge in [-0.3, -0.25) is 0 Å². The Labute approximate surface area is 256 Å². The smallest absolute Gasteiger partial charge is 2.00 e. The van der Waals surface area contributed by atoms with Gasteiger partial charge in [-0.1, -0.05) is 97.1 Å². The maximum Gasteiger partial charge on any atom is 2.00 e. The zero-order chi connectivity index (χ0) is 26.2. The third kappa shape index (κ3) is 3.84. The summed E-state index contributed by atoms with van der Waals surface area (Å²) in [6.45, 7) is 0. The summed E-state index contributed by atoms with van der Waals surface area (Å²) in [6.07, 6.45) is 0. The van der Waals surface area contributed by atoms with E-state index in [1.165, 1.54) is 0 Å². The van der Waals surface area contributed by atoms with Crippen LogP contribution < -0.4 is 0 Å². The second-order valence-corrected chi connectivity index (χ2v) is 9.79. The van der Waals surface area contributed by atoms with E-state index in [2.05, 4.69) is 9.97 Å². The molecule has 0 amide bonds. The van der Waals surface area contributed by atoms with Crippen molar-refractivity contribution in [1.29, 1.82) is 0 Å². The standard InChI is InChI=1S/C32H18N8.Cu.S/c1-2-10-18-17(9-1)25-33-26(18)38-28-21-13-5-6-14-22(21)30(35-28)40-32-24-16-8-7-15-23(24)31(36-32)39-29-20-12-4-3-11-19(20)27(34-29)37-25;;/h1-16H,(H2,33,34,35,36,37,38,39,40);;/q;+2;-2. The molecule has 2 aliphatic heterocycles. The molecule has 2 aliphatic rings. The molecule has 0 fully saturated rings. The van der Waals surface area contributed by atoms with Crippen LogP contribution in [0.5, 0.6) is 0 Å². The first-order chi connectivity index (χ1) is 19.8. The molecule has 7 aromatic rings. The van der Waals surface area contributed by atoms with Crippen molar-refractivity contribution < 1.29 is 17.1 Å². The van der Waals surface area contributed by atoms with E-state index in [4.69, 9.17) is 29.9 Å². The van der Waals surface area contributed by atoms with Crippen LogP contribution in [0.15, 0.2) is 97.1 Å². The van der Waals surface area contributed by atoms with Crippen LogP contribution >= 0.6 is 0 Å². The molecule has 2 N–H and O–H groups in total. The van der Waals surface area contributed by atoms with Crippen LogP contribution in [-0.2, 0) is 30.6 Å². The Morgan fingerprint density at radius 2 is 0.571 bits per heavy atom. The number of nitrogens with zero attached hydrogens (tertiary/aromatic N) is 6. The Hall–Kier alpha value is -4.89. The summed E-state index contributed by atoms with van der Waals surface area (Å²) in [5.41, 5.74) is 6.45. The molecule has 10 heteroatoms. The van der Waals surface area contributed by atoms with Crippen LogP contribution in [0.1, 0.15) is 0 Å². The molecular weight excluding hydrogens is 592 g/mol. The number of H-pyrrole nitrogens is 2. The summed E-state index contributed by atoms with van der Waals surface area (Å²) in [4.78, 5) is 36.8. The summed E-state index contributed by atoms with van der Waals surface area (Å²) in [5, 5.41) is 3.82.